The molecule has 2 amide bonds. The largest absolute Gasteiger partial charge is 0.415 e. The number of aromatic amines is 3. The molecule has 310 valence electrons. The maximum absolute atomic E-state index is 14.2. The highest BCUT2D eigenvalue weighted by Gasteiger charge is 2.33. The molecule has 3 N–H and O–H groups in total. The van der Waals surface area contributed by atoms with Gasteiger partial charge >= 0.3 is 5.97 Å². The van der Waals surface area contributed by atoms with E-state index in [0.29, 0.717) is 64.3 Å². The van der Waals surface area contributed by atoms with Crippen molar-refractivity contribution in [3.8, 4) is 5.75 Å². The lowest BCUT2D eigenvalue weighted by Gasteiger charge is -2.16. The minimum Gasteiger partial charge on any atom is -0.415 e. The minimum absolute atomic E-state index is 0.200. The van der Waals surface area contributed by atoms with E-state index < -0.39 is 40.8 Å². The van der Waals surface area contributed by atoms with Crippen molar-refractivity contribution in [1.82, 2.24) is 15.0 Å². The Labute approximate surface area is 347 Å². The van der Waals surface area contributed by atoms with Crippen molar-refractivity contribution < 1.29 is 41.1 Å². The fraction of sp³-hybridized carbons (Fsp3) is 0.133. The van der Waals surface area contributed by atoms with E-state index in [4.69, 9.17) is 0 Å². The van der Waals surface area contributed by atoms with Crippen LogP contribution in [0.1, 0.15) is 42.6 Å². The molecule has 0 unspecified atom stereocenters. The summed E-state index contributed by atoms with van der Waals surface area (Å²) in [6, 6.07) is 25.2. The van der Waals surface area contributed by atoms with Crippen LogP contribution < -0.4 is 19.4 Å². The molecule has 2 aliphatic heterocycles. The van der Waals surface area contributed by atoms with E-state index in [1.807, 2.05) is 73.6 Å². The van der Waals surface area contributed by atoms with Gasteiger partial charge in [0.1, 0.15) is 17.1 Å². The number of rotatable bonds is 7. The summed E-state index contributed by atoms with van der Waals surface area (Å²) in [6.07, 6.45) is 0.956. The number of carbonyl (C=O) groups is 3. The van der Waals surface area contributed by atoms with Crippen molar-refractivity contribution in [3.05, 3.63) is 142 Å². The Balaban J connectivity index is 0.863. The maximum Gasteiger partial charge on any atom is 0.360 e. The lowest BCUT2D eigenvalue weighted by molar-refractivity contribution is 0.0710. The van der Waals surface area contributed by atoms with E-state index in [0.717, 1.165) is 38.7 Å². The Hall–Kier alpha value is -7.82. The molecule has 0 radical (unpaired) electrons. The van der Waals surface area contributed by atoms with Gasteiger partial charge in [0.15, 0.2) is 0 Å². The highest BCUT2D eigenvalue weighted by Crippen LogP contribution is 2.39. The summed E-state index contributed by atoms with van der Waals surface area (Å²) in [5, 5.41) is 10.9. The van der Waals surface area contributed by atoms with Crippen molar-refractivity contribution in [2.45, 2.75) is 12.8 Å². The third-order valence-electron chi connectivity index (χ3n) is 11.3. The molecule has 12 nitrogen and oxygen atoms in total. The van der Waals surface area contributed by atoms with E-state index >= 15 is 0 Å². The fourth-order valence-corrected chi connectivity index (χ4v) is 8.21. The zero-order valence-corrected chi connectivity index (χ0v) is 32.7. The number of hydrogen-bond acceptors (Lipinski definition) is 7. The van der Waals surface area contributed by atoms with Gasteiger partial charge in [-0.25, -0.2) is 18.0 Å². The molecule has 5 heterocycles. The van der Waals surface area contributed by atoms with Crippen LogP contribution in [-0.2, 0) is 12.8 Å². The monoisotopic (exact) mass is 842 g/mol. The first kappa shape index (κ1) is 38.4. The quantitative estimate of drug-likeness (QED) is 0.0366. The van der Waals surface area contributed by atoms with Crippen molar-refractivity contribution in [2.75, 3.05) is 41.9 Å². The van der Waals surface area contributed by atoms with E-state index in [1.165, 1.54) is 6.07 Å². The first-order valence-electron chi connectivity index (χ1n) is 19.3. The summed E-state index contributed by atoms with van der Waals surface area (Å²) in [5.41, 5.74) is 7.68. The molecule has 2 aliphatic rings. The second kappa shape index (κ2) is 14.4. The van der Waals surface area contributed by atoms with Gasteiger partial charge in [0, 0.05) is 77.0 Å². The van der Waals surface area contributed by atoms with Crippen LogP contribution in [0.15, 0.2) is 95.2 Å². The van der Waals surface area contributed by atoms with Crippen LogP contribution >= 0.6 is 0 Å². The first-order valence-corrected chi connectivity index (χ1v) is 19.3. The topological polar surface area (TPSA) is 142 Å². The smallest absolute Gasteiger partial charge is 0.360 e. The van der Waals surface area contributed by atoms with Gasteiger partial charge in [-0.15, -0.1) is 0 Å². The third kappa shape index (κ3) is 6.22. The lowest BCUT2D eigenvalue weighted by atomic mass is 10.1. The van der Waals surface area contributed by atoms with Crippen LogP contribution in [0.3, 0.4) is 0 Å². The highest BCUT2D eigenvalue weighted by molar-refractivity contribution is 6.13. The number of anilines is 3. The van der Waals surface area contributed by atoms with Gasteiger partial charge < -0.3 is 34.4 Å². The number of fused-ring (bicyclic) bond motifs is 7. The van der Waals surface area contributed by atoms with Gasteiger partial charge in [-0.3, -0.25) is 9.59 Å². The number of aromatic nitrogens is 3. The molecule has 0 spiro atoms. The number of hydrogen-bond donors (Lipinski definition) is 3. The Kier molecular flexibility index (Phi) is 8.93. The summed E-state index contributed by atoms with van der Waals surface area (Å²) >= 11 is 0. The second-order valence-corrected chi connectivity index (χ2v) is 15.2. The van der Waals surface area contributed by atoms with Crippen LogP contribution in [0.2, 0.25) is 0 Å². The molecule has 5 aromatic carbocycles. The normalized spacial score (nSPS) is 13.5. The first-order chi connectivity index (χ1) is 29.8. The molecule has 3 aromatic heterocycles. The van der Waals surface area contributed by atoms with Crippen LogP contribution in [0.25, 0.3) is 32.7 Å². The van der Waals surface area contributed by atoms with Gasteiger partial charge in [-0.2, -0.15) is 19.0 Å². The Morgan fingerprint density at radius 1 is 0.581 bits per heavy atom. The van der Waals surface area contributed by atoms with Gasteiger partial charge in [-0.05, 0) is 109 Å². The average molecular weight is 843 g/mol. The third-order valence-corrected chi connectivity index (χ3v) is 11.3. The second-order valence-electron chi connectivity index (χ2n) is 15.2. The highest BCUT2D eigenvalue weighted by atomic mass is 19.2. The number of amides is 2. The van der Waals surface area contributed by atoms with E-state index in [2.05, 4.69) is 29.9 Å². The predicted octanol–water partition coefficient (Wildman–Crippen LogP) is 9.93. The van der Waals surface area contributed by atoms with Crippen LogP contribution in [0.5, 0.6) is 5.75 Å². The minimum atomic E-state index is -2.38. The number of carbonyl (C=O) groups excluding carboxylic acids is 3. The molecule has 0 aliphatic carbocycles. The number of H-pyrrole nitrogens is 3. The van der Waals surface area contributed by atoms with Gasteiger partial charge in [0.2, 0.25) is 34.8 Å². The molecule has 0 saturated carbocycles. The van der Waals surface area contributed by atoms with Crippen LogP contribution in [0.4, 0.5) is 50.4 Å². The van der Waals surface area contributed by atoms with E-state index in [-0.39, 0.29) is 24.1 Å². The van der Waals surface area contributed by atoms with E-state index in [9.17, 15) is 36.3 Å². The molecule has 10 rings (SSSR count). The van der Waals surface area contributed by atoms with Crippen molar-refractivity contribution >= 4 is 78.9 Å². The van der Waals surface area contributed by atoms with E-state index in [1.54, 1.807) is 34.1 Å². The molecule has 17 heteroatoms. The van der Waals surface area contributed by atoms with Crippen molar-refractivity contribution in [3.63, 3.8) is 0 Å². The maximum atomic E-state index is 14.2. The zero-order valence-electron chi connectivity index (χ0n) is 32.7. The number of nitrogens with one attached hydrogen (secondary N) is 3. The van der Waals surface area contributed by atoms with Crippen LogP contribution in [0, 0.1) is 29.1 Å². The fourth-order valence-electron chi connectivity index (χ4n) is 8.21. The number of azo groups is 1. The van der Waals surface area contributed by atoms with Gasteiger partial charge in [-0.1, -0.05) is 0 Å². The summed E-state index contributed by atoms with van der Waals surface area (Å²) in [6.45, 7) is 0.727. The predicted molar refractivity (Wildman–Crippen MR) is 222 cm³/mol. The lowest BCUT2D eigenvalue weighted by Crippen LogP contribution is -2.29. The molecule has 62 heavy (non-hydrogen) atoms. The summed E-state index contributed by atoms with van der Waals surface area (Å²) in [7, 11) is 3.93. The average Bonchev–Trinajstić information content (AvgIpc) is 4.13. The molecular weight excluding hydrogens is 812 g/mol. The Bertz CT molecular complexity index is 3210. The number of halogens is 5. The number of nitrogens with zero attached hydrogens (tertiary/aromatic N) is 5. The number of esters is 1. The molecule has 8 aromatic rings. The molecular formula is C45H31F5N8O4. The van der Waals surface area contributed by atoms with Crippen molar-refractivity contribution in [2.24, 2.45) is 10.2 Å². The summed E-state index contributed by atoms with van der Waals surface area (Å²) in [4.78, 5) is 55.4. The summed E-state index contributed by atoms with van der Waals surface area (Å²) < 4.78 is 74.0. The van der Waals surface area contributed by atoms with Crippen molar-refractivity contribution in [1.29, 1.82) is 0 Å². The Morgan fingerprint density at radius 3 is 1.66 bits per heavy atom. The number of ether oxygens (including phenoxy) is 1. The Morgan fingerprint density at radius 2 is 1.06 bits per heavy atom. The molecule has 0 bridgehead atoms. The van der Waals surface area contributed by atoms with Gasteiger partial charge in [0.05, 0.1) is 11.4 Å². The van der Waals surface area contributed by atoms with Crippen LogP contribution in [-0.4, -0.2) is 59.9 Å². The SMILES string of the molecule is CN(C)c1ccc(/N=N/c2ccc3[nH]c(C(=O)N4CCc5c4ccc4[nH]c(C(=O)N6CCc7c6ccc6[nH]c(C(=O)Oc8c(F)c(F)c(F)c(F)c8F)cc76)cc54)cc3c2)cc1. The number of benzene rings is 5. The molecule has 0 saturated heterocycles. The standard InChI is InChI=1S/C45H31F5N8O4/c1-56(2)24-6-3-22(4-7-24)54-55-23-5-8-29-21(17-23)18-32(51-29)43(59)57-15-13-25-27-19-33(52-30(27)9-11-35(25)57)44(60)58-16-14-26-28-20-34(53-31(28)10-12-36(26)58)45(61)62-42-40(49)38(47)37(46)39(48)41(42)50/h3-12,17-20,51-53H,13-16H2,1-2H3/b55-54+. The van der Waals surface area contributed by atoms with Gasteiger partial charge in [0.25, 0.3) is 11.8 Å². The zero-order chi connectivity index (χ0) is 43.1. The summed E-state index contributed by atoms with van der Waals surface area (Å²) in [5.74, 6) is -15.1. The molecule has 0 atom stereocenters. The molecule has 0 fully saturated rings.